The lowest BCUT2D eigenvalue weighted by Crippen LogP contribution is -2.47. The highest BCUT2D eigenvalue weighted by molar-refractivity contribution is 5.32. The van der Waals surface area contributed by atoms with E-state index in [0.29, 0.717) is 12.1 Å². The van der Waals surface area contributed by atoms with E-state index in [-0.39, 0.29) is 0 Å². The Labute approximate surface area is 129 Å². The summed E-state index contributed by atoms with van der Waals surface area (Å²) in [5.41, 5.74) is 3.10. The van der Waals surface area contributed by atoms with Crippen LogP contribution in [0.2, 0.25) is 0 Å². The summed E-state index contributed by atoms with van der Waals surface area (Å²) in [5, 5.41) is 3.63. The standard InChI is InChI=1S/C19H30N2/c1-3-15-11-13-21(14-12-15)18-10-6-8-16-7-4-5-9-17(16)19(18)20-2/h4-5,7,9,15,18-20H,3,6,8,10-14H2,1-2H3. The quantitative estimate of drug-likeness (QED) is 0.851. The molecule has 1 fully saturated rings. The van der Waals surface area contributed by atoms with Crippen LogP contribution in [0.4, 0.5) is 0 Å². The van der Waals surface area contributed by atoms with Crippen LogP contribution in [0.3, 0.4) is 0 Å². The Balaban J connectivity index is 1.79. The average Bonchev–Trinajstić information content (AvgIpc) is 2.74. The second kappa shape index (κ2) is 6.93. The van der Waals surface area contributed by atoms with E-state index in [1.165, 1.54) is 51.6 Å². The third-order valence-electron chi connectivity index (χ3n) is 5.73. The van der Waals surface area contributed by atoms with E-state index >= 15 is 0 Å². The zero-order chi connectivity index (χ0) is 14.7. The molecule has 0 aromatic heterocycles. The number of aryl methyl sites for hydroxylation is 1. The van der Waals surface area contributed by atoms with Crippen LogP contribution in [0.1, 0.15) is 56.2 Å². The van der Waals surface area contributed by atoms with Crippen molar-refractivity contribution in [3.8, 4) is 0 Å². The maximum atomic E-state index is 3.63. The fourth-order valence-electron chi connectivity index (χ4n) is 4.37. The normalized spacial score (nSPS) is 28.1. The molecule has 0 bridgehead atoms. The van der Waals surface area contributed by atoms with Crippen LogP contribution in [0.25, 0.3) is 0 Å². The number of nitrogens with zero attached hydrogens (tertiary/aromatic N) is 1. The Morgan fingerprint density at radius 2 is 1.90 bits per heavy atom. The summed E-state index contributed by atoms with van der Waals surface area (Å²) >= 11 is 0. The van der Waals surface area contributed by atoms with Crippen molar-refractivity contribution in [2.75, 3.05) is 20.1 Å². The van der Waals surface area contributed by atoms with Crippen LogP contribution >= 0.6 is 0 Å². The molecule has 1 aromatic rings. The summed E-state index contributed by atoms with van der Waals surface area (Å²) < 4.78 is 0. The summed E-state index contributed by atoms with van der Waals surface area (Å²) in [6, 6.07) is 10.2. The van der Waals surface area contributed by atoms with Gasteiger partial charge >= 0.3 is 0 Å². The van der Waals surface area contributed by atoms with Crippen molar-refractivity contribution in [3.05, 3.63) is 35.4 Å². The molecule has 2 heteroatoms. The number of hydrogen-bond acceptors (Lipinski definition) is 2. The first-order valence-electron chi connectivity index (χ1n) is 8.82. The predicted molar refractivity (Wildman–Crippen MR) is 89.6 cm³/mol. The van der Waals surface area contributed by atoms with Gasteiger partial charge in [-0.15, -0.1) is 0 Å². The maximum absolute atomic E-state index is 3.63. The van der Waals surface area contributed by atoms with Crippen molar-refractivity contribution in [2.45, 2.75) is 57.5 Å². The van der Waals surface area contributed by atoms with Crippen molar-refractivity contribution in [1.29, 1.82) is 0 Å². The first kappa shape index (κ1) is 15.1. The molecule has 1 N–H and O–H groups in total. The number of benzene rings is 1. The summed E-state index contributed by atoms with van der Waals surface area (Å²) in [6.45, 7) is 4.94. The van der Waals surface area contributed by atoms with Crippen molar-refractivity contribution in [2.24, 2.45) is 5.92 Å². The maximum Gasteiger partial charge on any atom is 0.0478 e. The molecule has 1 aliphatic heterocycles. The van der Waals surface area contributed by atoms with Crippen LogP contribution in [0.15, 0.2) is 24.3 Å². The third-order valence-corrected chi connectivity index (χ3v) is 5.73. The van der Waals surface area contributed by atoms with Gasteiger partial charge in [-0.1, -0.05) is 37.6 Å². The van der Waals surface area contributed by atoms with Crippen LogP contribution < -0.4 is 5.32 Å². The Bertz CT molecular complexity index is 449. The molecular weight excluding hydrogens is 256 g/mol. The second-order valence-corrected chi connectivity index (χ2v) is 6.81. The SMILES string of the molecule is CCC1CCN(C2CCCc3ccccc3C2NC)CC1. The third kappa shape index (κ3) is 3.17. The number of fused-ring (bicyclic) bond motifs is 1. The minimum atomic E-state index is 0.502. The van der Waals surface area contributed by atoms with Crippen molar-refractivity contribution in [3.63, 3.8) is 0 Å². The fraction of sp³-hybridized carbons (Fsp3) is 0.684. The monoisotopic (exact) mass is 286 g/mol. The molecule has 3 rings (SSSR count). The molecule has 1 aliphatic carbocycles. The number of piperidine rings is 1. The summed E-state index contributed by atoms with van der Waals surface area (Å²) in [7, 11) is 2.14. The van der Waals surface area contributed by atoms with Crippen molar-refractivity contribution < 1.29 is 0 Å². The first-order valence-corrected chi connectivity index (χ1v) is 8.82. The largest absolute Gasteiger partial charge is 0.312 e. The van der Waals surface area contributed by atoms with Gasteiger partial charge in [0.15, 0.2) is 0 Å². The van der Waals surface area contributed by atoms with Crippen LogP contribution in [-0.4, -0.2) is 31.1 Å². The zero-order valence-corrected chi connectivity index (χ0v) is 13.6. The molecule has 0 saturated carbocycles. The number of hydrogen-bond donors (Lipinski definition) is 1. The second-order valence-electron chi connectivity index (χ2n) is 6.81. The molecule has 1 saturated heterocycles. The van der Waals surface area contributed by atoms with E-state index in [2.05, 4.69) is 48.5 Å². The molecule has 2 aliphatic rings. The van der Waals surface area contributed by atoms with Crippen molar-refractivity contribution in [1.82, 2.24) is 10.2 Å². The average molecular weight is 286 g/mol. The van der Waals surface area contributed by atoms with Gasteiger partial charge in [0.25, 0.3) is 0 Å². The van der Waals surface area contributed by atoms with E-state index in [1.807, 2.05) is 0 Å². The minimum absolute atomic E-state index is 0.502. The first-order chi connectivity index (χ1) is 10.3. The summed E-state index contributed by atoms with van der Waals surface area (Å²) in [5.74, 6) is 0.965. The number of likely N-dealkylation sites (tertiary alicyclic amines) is 1. The van der Waals surface area contributed by atoms with Gasteiger partial charge in [-0.25, -0.2) is 0 Å². The molecule has 0 amide bonds. The molecule has 0 radical (unpaired) electrons. The molecule has 1 aromatic carbocycles. The lowest BCUT2D eigenvalue weighted by molar-refractivity contribution is 0.101. The van der Waals surface area contributed by atoms with E-state index in [0.717, 1.165) is 5.92 Å². The highest BCUT2D eigenvalue weighted by atomic mass is 15.2. The molecular formula is C19H30N2. The van der Waals surface area contributed by atoms with Crippen LogP contribution in [-0.2, 0) is 6.42 Å². The van der Waals surface area contributed by atoms with Gasteiger partial charge in [0.2, 0.25) is 0 Å². The van der Waals surface area contributed by atoms with Gasteiger partial charge in [-0.2, -0.15) is 0 Å². The Kier molecular flexibility index (Phi) is 4.97. The van der Waals surface area contributed by atoms with Gasteiger partial charge in [-0.05, 0) is 69.3 Å². The topological polar surface area (TPSA) is 15.3 Å². The van der Waals surface area contributed by atoms with Crippen LogP contribution in [0.5, 0.6) is 0 Å². The molecule has 0 spiro atoms. The summed E-state index contributed by atoms with van der Waals surface area (Å²) in [4.78, 5) is 2.77. The van der Waals surface area contributed by atoms with E-state index in [1.54, 1.807) is 11.1 Å². The Morgan fingerprint density at radius 3 is 2.62 bits per heavy atom. The highest BCUT2D eigenvalue weighted by Gasteiger charge is 2.32. The molecule has 2 atom stereocenters. The smallest absolute Gasteiger partial charge is 0.0478 e. The number of rotatable bonds is 3. The molecule has 1 heterocycles. The molecule has 116 valence electrons. The molecule has 21 heavy (non-hydrogen) atoms. The molecule has 2 nitrogen and oxygen atoms in total. The predicted octanol–water partition coefficient (Wildman–Crippen LogP) is 3.77. The zero-order valence-electron chi connectivity index (χ0n) is 13.6. The van der Waals surface area contributed by atoms with Crippen LogP contribution in [0, 0.1) is 5.92 Å². The summed E-state index contributed by atoms with van der Waals surface area (Å²) in [6.07, 6.45) is 8.05. The number of nitrogens with one attached hydrogen (secondary N) is 1. The highest BCUT2D eigenvalue weighted by Crippen LogP contribution is 2.34. The Morgan fingerprint density at radius 1 is 1.14 bits per heavy atom. The molecule has 2 unspecified atom stereocenters. The lowest BCUT2D eigenvalue weighted by Gasteiger charge is -2.41. The van der Waals surface area contributed by atoms with Crippen molar-refractivity contribution >= 4 is 0 Å². The van der Waals surface area contributed by atoms with Gasteiger partial charge in [0, 0.05) is 12.1 Å². The van der Waals surface area contributed by atoms with E-state index in [4.69, 9.17) is 0 Å². The Hall–Kier alpha value is -0.860. The van der Waals surface area contributed by atoms with E-state index < -0.39 is 0 Å². The van der Waals surface area contributed by atoms with Gasteiger partial charge in [-0.3, -0.25) is 4.90 Å². The van der Waals surface area contributed by atoms with E-state index in [9.17, 15) is 0 Å². The van der Waals surface area contributed by atoms with Gasteiger partial charge < -0.3 is 5.32 Å². The minimum Gasteiger partial charge on any atom is -0.312 e. The van der Waals surface area contributed by atoms with Gasteiger partial charge in [0.1, 0.15) is 0 Å². The fourth-order valence-corrected chi connectivity index (χ4v) is 4.37. The lowest BCUT2D eigenvalue weighted by atomic mass is 9.90. The van der Waals surface area contributed by atoms with Gasteiger partial charge in [0.05, 0.1) is 0 Å². The number of likely N-dealkylation sites (N-methyl/N-ethyl adjacent to an activating group) is 1.